The number of carbonyl (C=O) groups is 1. The molecule has 1 aliphatic heterocycles. The van der Waals surface area contributed by atoms with E-state index in [9.17, 15) is 9.18 Å². The van der Waals surface area contributed by atoms with Crippen molar-refractivity contribution in [3.63, 3.8) is 0 Å². The lowest BCUT2D eigenvalue weighted by molar-refractivity contribution is -0.130. The summed E-state index contributed by atoms with van der Waals surface area (Å²) in [6, 6.07) is 19.9. The monoisotopic (exact) mass is 474 g/mol. The summed E-state index contributed by atoms with van der Waals surface area (Å²) >= 11 is 6.27. The van der Waals surface area contributed by atoms with Gasteiger partial charge in [0.1, 0.15) is 11.6 Å². The first kappa shape index (κ1) is 22.3. The molecule has 7 heteroatoms. The Labute approximate surface area is 202 Å². The van der Waals surface area contributed by atoms with Gasteiger partial charge < -0.3 is 9.80 Å². The highest BCUT2D eigenvalue weighted by atomic mass is 35.5. The van der Waals surface area contributed by atoms with Crippen LogP contribution >= 0.6 is 11.6 Å². The zero-order valence-electron chi connectivity index (χ0n) is 18.8. The van der Waals surface area contributed by atoms with Crippen molar-refractivity contribution in [3.05, 3.63) is 88.7 Å². The van der Waals surface area contributed by atoms with E-state index in [1.165, 1.54) is 17.7 Å². The molecule has 1 saturated heterocycles. The molecule has 0 unspecified atom stereocenters. The van der Waals surface area contributed by atoms with E-state index >= 15 is 0 Å². The van der Waals surface area contributed by atoms with Gasteiger partial charge in [0, 0.05) is 42.2 Å². The smallest absolute Gasteiger partial charge is 0.227 e. The first-order valence-corrected chi connectivity index (χ1v) is 11.7. The minimum Gasteiger partial charge on any atom is -0.352 e. The zero-order chi connectivity index (χ0) is 23.7. The summed E-state index contributed by atoms with van der Waals surface area (Å²) in [5.41, 5.74) is 3.73. The summed E-state index contributed by atoms with van der Waals surface area (Å²) in [5.74, 6) is 1.25. The standard InChI is InChI=1S/C27H24ClFN4O/c1-18-2-6-20(7-3-18)26-30-24-17-21(28)8-11-23(24)27(31-26)33-14-12-32(13-15-33)25(34)16-19-4-9-22(29)10-5-19/h2-11,17H,12-16H2,1H3. The SMILES string of the molecule is Cc1ccc(-c2nc(N3CCN(C(=O)Cc4ccc(F)cc4)CC3)c3ccc(Cl)cc3n2)cc1. The van der Waals surface area contributed by atoms with Gasteiger partial charge in [-0.25, -0.2) is 14.4 Å². The van der Waals surface area contributed by atoms with E-state index in [4.69, 9.17) is 21.6 Å². The van der Waals surface area contributed by atoms with Crippen molar-refractivity contribution in [3.8, 4) is 11.4 Å². The fraction of sp³-hybridized carbons (Fsp3) is 0.222. The third-order valence-corrected chi connectivity index (χ3v) is 6.38. The van der Waals surface area contributed by atoms with Gasteiger partial charge in [0.15, 0.2) is 5.82 Å². The summed E-state index contributed by atoms with van der Waals surface area (Å²) in [6.07, 6.45) is 0.271. The first-order chi connectivity index (χ1) is 16.5. The predicted molar refractivity (Wildman–Crippen MR) is 134 cm³/mol. The number of fused-ring (bicyclic) bond motifs is 1. The van der Waals surface area contributed by atoms with Crippen LogP contribution in [0.25, 0.3) is 22.3 Å². The molecule has 1 aliphatic rings. The van der Waals surface area contributed by atoms with Crippen molar-refractivity contribution in [2.45, 2.75) is 13.3 Å². The van der Waals surface area contributed by atoms with Gasteiger partial charge in [-0.2, -0.15) is 0 Å². The minimum atomic E-state index is -0.298. The number of benzene rings is 3. The average Bonchev–Trinajstić information content (AvgIpc) is 2.85. The number of halogens is 2. The molecule has 0 saturated carbocycles. The molecule has 0 radical (unpaired) electrons. The molecule has 1 fully saturated rings. The minimum absolute atomic E-state index is 0.0472. The van der Waals surface area contributed by atoms with Gasteiger partial charge in [-0.3, -0.25) is 4.79 Å². The highest BCUT2D eigenvalue weighted by Crippen LogP contribution is 2.30. The number of rotatable bonds is 4. The third-order valence-electron chi connectivity index (χ3n) is 6.15. The normalized spacial score (nSPS) is 14.0. The summed E-state index contributed by atoms with van der Waals surface area (Å²) < 4.78 is 13.2. The molecule has 2 heterocycles. The van der Waals surface area contributed by atoms with Crippen LogP contribution in [-0.2, 0) is 11.2 Å². The Kier molecular flexibility index (Phi) is 6.16. The molecule has 3 aromatic carbocycles. The van der Waals surface area contributed by atoms with Gasteiger partial charge in [-0.1, -0.05) is 53.6 Å². The molecule has 172 valence electrons. The largest absolute Gasteiger partial charge is 0.352 e. The molecule has 34 heavy (non-hydrogen) atoms. The number of hydrogen-bond acceptors (Lipinski definition) is 4. The lowest BCUT2D eigenvalue weighted by atomic mass is 10.1. The molecule has 0 aliphatic carbocycles. The van der Waals surface area contributed by atoms with E-state index in [2.05, 4.69) is 4.90 Å². The number of anilines is 1. The Morgan fingerprint density at radius 1 is 0.941 bits per heavy atom. The Bertz CT molecular complexity index is 1330. The topological polar surface area (TPSA) is 49.3 Å². The number of hydrogen-bond donors (Lipinski definition) is 0. The fourth-order valence-electron chi connectivity index (χ4n) is 4.22. The van der Waals surface area contributed by atoms with Crippen molar-refractivity contribution in [1.29, 1.82) is 0 Å². The molecule has 5 nitrogen and oxygen atoms in total. The van der Waals surface area contributed by atoms with Crippen molar-refractivity contribution >= 4 is 34.2 Å². The van der Waals surface area contributed by atoms with Crippen LogP contribution in [0.1, 0.15) is 11.1 Å². The quantitative estimate of drug-likeness (QED) is 0.403. The van der Waals surface area contributed by atoms with E-state index in [0.717, 1.165) is 27.8 Å². The van der Waals surface area contributed by atoms with Gasteiger partial charge >= 0.3 is 0 Å². The van der Waals surface area contributed by atoms with Gasteiger partial charge in [0.05, 0.1) is 11.9 Å². The van der Waals surface area contributed by atoms with E-state index in [1.807, 2.05) is 54.3 Å². The summed E-state index contributed by atoms with van der Waals surface area (Å²) in [4.78, 5) is 26.6. The van der Waals surface area contributed by atoms with Crippen LogP contribution in [0, 0.1) is 12.7 Å². The van der Waals surface area contributed by atoms with Gasteiger partial charge in [-0.05, 0) is 42.8 Å². The van der Waals surface area contributed by atoms with E-state index in [0.29, 0.717) is 37.0 Å². The number of amides is 1. The molecule has 0 atom stereocenters. The molecule has 4 aromatic rings. The molecular weight excluding hydrogens is 451 g/mol. The number of aromatic nitrogens is 2. The Hall–Kier alpha value is -3.51. The summed E-state index contributed by atoms with van der Waals surface area (Å²) in [5, 5.41) is 1.56. The Morgan fingerprint density at radius 3 is 2.35 bits per heavy atom. The van der Waals surface area contributed by atoms with Gasteiger partial charge in [0.25, 0.3) is 0 Å². The van der Waals surface area contributed by atoms with Crippen LogP contribution in [0.4, 0.5) is 10.2 Å². The second kappa shape index (κ2) is 9.39. The third kappa shape index (κ3) is 4.73. The maximum Gasteiger partial charge on any atom is 0.227 e. The highest BCUT2D eigenvalue weighted by Gasteiger charge is 2.24. The van der Waals surface area contributed by atoms with Crippen LogP contribution in [0.2, 0.25) is 5.02 Å². The molecule has 5 rings (SSSR count). The van der Waals surface area contributed by atoms with Crippen molar-refractivity contribution in [1.82, 2.24) is 14.9 Å². The molecule has 0 N–H and O–H groups in total. The first-order valence-electron chi connectivity index (χ1n) is 11.3. The van der Waals surface area contributed by atoms with Crippen molar-refractivity contribution in [2.24, 2.45) is 0 Å². The molecular formula is C27H24ClFN4O. The van der Waals surface area contributed by atoms with E-state index < -0.39 is 0 Å². The fourth-order valence-corrected chi connectivity index (χ4v) is 4.38. The van der Waals surface area contributed by atoms with Crippen LogP contribution in [0.3, 0.4) is 0 Å². The molecule has 0 spiro atoms. The lowest BCUT2D eigenvalue weighted by Gasteiger charge is -2.36. The predicted octanol–water partition coefficient (Wildman–Crippen LogP) is 5.29. The summed E-state index contributed by atoms with van der Waals surface area (Å²) in [6.45, 7) is 4.57. The Balaban J connectivity index is 1.38. The molecule has 1 amide bonds. The maximum absolute atomic E-state index is 13.2. The number of nitrogens with zero attached hydrogens (tertiary/aromatic N) is 4. The average molecular weight is 475 g/mol. The van der Waals surface area contributed by atoms with Crippen LogP contribution in [-0.4, -0.2) is 47.0 Å². The second-order valence-electron chi connectivity index (χ2n) is 8.57. The highest BCUT2D eigenvalue weighted by molar-refractivity contribution is 6.31. The number of carbonyl (C=O) groups excluding carboxylic acids is 1. The number of piperazine rings is 1. The lowest BCUT2D eigenvalue weighted by Crippen LogP contribution is -2.49. The van der Waals surface area contributed by atoms with E-state index in [1.54, 1.807) is 12.1 Å². The van der Waals surface area contributed by atoms with Crippen molar-refractivity contribution < 1.29 is 9.18 Å². The van der Waals surface area contributed by atoms with Gasteiger partial charge in [-0.15, -0.1) is 0 Å². The molecule has 1 aromatic heterocycles. The van der Waals surface area contributed by atoms with Gasteiger partial charge in [0.2, 0.25) is 5.91 Å². The van der Waals surface area contributed by atoms with Crippen LogP contribution in [0.5, 0.6) is 0 Å². The zero-order valence-corrected chi connectivity index (χ0v) is 19.6. The molecule has 0 bridgehead atoms. The maximum atomic E-state index is 13.2. The summed E-state index contributed by atoms with van der Waals surface area (Å²) in [7, 11) is 0. The van der Waals surface area contributed by atoms with Crippen LogP contribution < -0.4 is 4.90 Å². The second-order valence-corrected chi connectivity index (χ2v) is 9.01. The van der Waals surface area contributed by atoms with Crippen LogP contribution in [0.15, 0.2) is 66.7 Å². The number of aryl methyl sites for hydroxylation is 1. The van der Waals surface area contributed by atoms with E-state index in [-0.39, 0.29) is 18.1 Å². The van der Waals surface area contributed by atoms with Crippen molar-refractivity contribution in [2.75, 3.05) is 31.1 Å². The Morgan fingerprint density at radius 2 is 1.65 bits per heavy atom.